The van der Waals surface area contributed by atoms with Crippen molar-refractivity contribution in [3.05, 3.63) is 42.4 Å². The van der Waals surface area contributed by atoms with E-state index < -0.39 is 34.2 Å². The second-order valence-electron chi connectivity index (χ2n) is 12.0. The Kier molecular flexibility index (Phi) is 7.94. The normalized spacial score (nSPS) is 19.2. The number of amides is 1. The first-order valence-corrected chi connectivity index (χ1v) is 16.4. The van der Waals surface area contributed by atoms with Crippen LogP contribution in [0.2, 0.25) is 0 Å². The molecular formula is C29H36F2N8O4S. The van der Waals surface area contributed by atoms with Crippen molar-refractivity contribution in [2.45, 2.75) is 44.4 Å². The van der Waals surface area contributed by atoms with Gasteiger partial charge in [0.05, 0.1) is 41.7 Å². The Balaban J connectivity index is 1.29. The van der Waals surface area contributed by atoms with Crippen molar-refractivity contribution in [3.63, 3.8) is 0 Å². The van der Waals surface area contributed by atoms with Gasteiger partial charge in [0.25, 0.3) is 11.8 Å². The number of aromatic nitrogens is 4. The summed E-state index contributed by atoms with van der Waals surface area (Å²) >= 11 is 0. The molecule has 3 fully saturated rings. The maximum atomic E-state index is 14.0. The fraction of sp³-hybridized carbons (Fsp3) is 0.517. The van der Waals surface area contributed by atoms with Gasteiger partial charge in [0, 0.05) is 57.8 Å². The molecule has 0 unspecified atom stereocenters. The summed E-state index contributed by atoms with van der Waals surface area (Å²) in [5.74, 6) is -3.11. The number of carbonyl (C=O) groups is 1. The van der Waals surface area contributed by atoms with Crippen molar-refractivity contribution in [2.75, 3.05) is 58.4 Å². The molecule has 3 aromatic rings. The molecule has 15 heteroatoms. The average Bonchev–Trinajstić information content (AvgIpc) is 3.59. The van der Waals surface area contributed by atoms with Gasteiger partial charge in [-0.15, -0.1) is 0 Å². The van der Waals surface area contributed by atoms with Gasteiger partial charge in [0.15, 0.2) is 11.6 Å². The molecule has 236 valence electrons. The van der Waals surface area contributed by atoms with Crippen LogP contribution in [0.3, 0.4) is 0 Å². The largest absolute Gasteiger partial charge is 0.395 e. The summed E-state index contributed by atoms with van der Waals surface area (Å²) in [5.41, 5.74) is 2.75. The van der Waals surface area contributed by atoms with Crippen molar-refractivity contribution >= 4 is 38.9 Å². The number of nitrogens with zero attached hydrogens (tertiary/aromatic N) is 6. The molecule has 1 saturated carbocycles. The fourth-order valence-corrected chi connectivity index (χ4v) is 6.76. The van der Waals surface area contributed by atoms with Crippen LogP contribution in [-0.2, 0) is 17.1 Å². The van der Waals surface area contributed by atoms with E-state index in [0.29, 0.717) is 39.4 Å². The zero-order chi connectivity index (χ0) is 31.1. The van der Waals surface area contributed by atoms with Gasteiger partial charge >= 0.3 is 0 Å². The Morgan fingerprint density at radius 3 is 2.36 bits per heavy atom. The molecule has 1 amide bonds. The van der Waals surface area contributed by atoms with E-state index in [0.717, 1.165) is 25.9 Å². The van der Waals surface area contributed by atoms with Crippen LogP contribution in [0.25, 0.3) is 11.3 Å². The van der Waals surface area contributed by atoms with E-state index in [1.165, 1.54) is 25.1 Å². The minimum atomic E-state index is -3.77. The molecule has 1 aromatic carbocycles. The zero-order valence-electron chi connectivity index (χ0n) is 24.5. The lowest BCUT2D eigenvalue weighted by Gasteiger charge is -2.35. The molecule has 0 atom stereocenters. The number of halogens is 2. The number of aryl methyl sites for hydroxylation is 1. The highest BCUT2D eigenvalue weighted by Gasteiger charge is 2.44. The molecule has 3 N–H and O–H groups in total. The molecule has 1 spiro atoms. The first-order valence-electron chi connectivity index (χ1n) is 14.8. The third-order valence-electron chi connectivity index (χ3n) is 8.77. The Morgan fingerprint density at radius 2 is 1.73 bits per heavy atom. The maximum Gasteiger partial charge on any atom is 0.258 e. The second-order valence-corrected chi connectivity index (χ2v) is 13.8. The summed E-state index contributed by atoms with van der Waals surface area (Å²) < 4.78 is 56.7. The summed E-state index contributed by atoms with van der Waals surface area (Å²) in [7, 11) is -2.00. The third kappa shape index (κ3) is 6.62. The number of sulfonamides is 1. The molecule has 3 aliphatic rings. The highest BCUT2D eigenvalue weighted by Crippen LogP contribution is 2.54. The second kappa shape index (κ2) is 11.6. The Labute approximate surface area is 254 Å². The molecule has 12 nitrogen and oxygen atoms in total. The van der Waals surface area contributed by atoms with Gasteiger partial charge in [-0.05, 0) is 49.3 Å². The average molecular weight is 631 g/mol. The number of piperidine rings is 2. The van der Waals surface area contributed by atoms with Gasteiger partial charge < -0.3 is 20.2 Å². The first kappa shape index (κ1) is 30.2. The lowest BCUT2D eigenvalue weighted by atomic mass is 9.93. The SMILES string of the molecule is Cn1cc(-c2ncc(NC(=O)c3ccc(NS(=O)(=O)CCO)cc3N3CCC4(CC3)CC4)nc2N2CCC(F)(F)CC2)cn1. The summed E-state index contributed by atoms with van der Waals surface area (Å²) in [6, 6.07) is 4.72. The molecule has 4 heterocycles. The van der Waals surface area contributed by atoms with E-state index in [1.807, 2.05) is 0 Å². The van der Waals surface area contributed by atoms with Crippen molar-refractivity contribution in [2.24, 2.45) is 12.5 Å². The number of rotatable bonds is 9. The first-order chi connectivity index (χ1) is 20.9. The molecule has 6 rings (SSSR count). The highest BCUT2D eigenvalue weighted by molar-refractivity contribution is 7.92. The number of alkyl halides is 2. The van der Waals surface area contributed by atoms with Crippen LogP contribution in [0.5, 0.6) is 0 Å². The number of aliphatic hydroxyl groups excluding tert-OH is 1. The molecule has 1 aliphatic carbocycles. The van der Waals surface area contributed by atoms with E-state index in [9.17, 15) is 22.0 Å². The topological polar surface area (TPSA) is 146 Å². The molecule has 0 radical (unpaired) electrons. The van der Waals surface area contributed by atoms with Gasteiger partial charge in [-0.3, -0.25) is 14.2 Å². The van der Waals surface area contributed by atoms with Gasteiger partial charge in [-0.2, -0.15) is 5.10 Å². The summed E-state index contributed by atoms with van der Waals surface area (Å²) in [6.45, 7) is 1.12. The standard InChI is InChI=1S/C29H36F2N8O4S/c1-37-19-20(17-33-37)25-26(39-12-8-29(30,31)9-13-39)34-24(18-32-25)35-27(41)22-3-2-21(36-44(42,43)15-14-40)16-23(22)38-10-6-28(4-5-28)7-11-38/h2-3,16-19,36,40H,4-15H2,1H3,(H,34,35,41). The fourth-order valence-electron chi connectivity index (χ4n) is 5.93. The Hall–Kier alpha value is -3.85. The number of anilines is 4. The van der Waals surface area contributed by atoms with Crippen molar-refractivity contribution in [1.29, 1.82) is 0 Å². The van der Waals surface area contributed by atoms with Crippen molar-refractivity contribution in [3.8, 4) is 11.3 Å². The maximum absolute atomic E-state index is 14.0. The lowest BCUT2D eigenvalue weighted by Crippen LogP contribution is -2.40. The minimum absolute atomic E-state index is 0.0839. The Bertz CT molecular complexity index is 1640. The van der Waals surface area contributed by atoms with Gasteiger partial charge in [-0.25, -0.2) is 27.2 Å². The number of aliphatic hydroxyl groups is 1. The van der Waals surface area contributed by atoms with Crippen LogP contribution in [-0.4, -0.2) is 83.6 Å². The van der Waals surface area contributed by atoms with E-state index in [1.54, 1.807) is 41.2 Å². The molecule has 0 bridgehead atoms. The van der Waals surface area contributed by atoms with E-state index in [4.69, 9.17) is 5.11 Å². The van der Waals surface area contributed by atoms with Crippen LogP contribution in [0.1, 0.15) is 48.9 Å². The van der Waals surface area contributed by atoms with Crippen LogP contribution in [0.4, 0.5) is 31.8 Å². The smallest absolute Gasteiger partial charge is 0.258 e. The molecule has 44 heavy (non-hydrogen) atoms. The van der Waals surface area contributed by atoms with E-state index in [-0.39, 0.29) is 31.7 Å². The monoisotopic (exact) mass is 630 g/mol. The van der Waals surface area contributed by atoms with Crippen molar-refractivity contribution in [1.82, 2.24) is 19.7 Å². The third-order valence-corrected chi connectivity index (χ3v) is 10.0. The van der Waals surface area contributed by atoms with Crippen LogP contribution in [0, 0.1) is 5.41 Å². The molecular weight excluding hydrogens is 594 g/mol. The predicted molar refractivity (Wildman–Crippen MR) is 163 cm³/mol. The number of nitrogens with one attached hydrogen (secondary N) is 2. The van der Waals surface area contributed by atoms with E-state index in [2.05, 4.69) is 30.0 Å². The molecule has 2 aliphatic heterocycles. The number of benzene rings is 1. The quantitative estimate of drug-likeness (QED) is 0.324. The summed E-state index contributed by atoms with van der Waals surface area (Å²) in [6.07, 6.45) is 8.59. The number of hydrogen-bond donors (Lipinski definition) is 3. The molecule has 2 aromatic heterocycles. The summed E-state index contributed by atoms with van der Waals surface area (Å²) in [5, 5.41) is 16.2. The lowest BCUT2D eigenvalue weighted by molar-refractivity contribution is -0.0221. The zero-order valence-corrected chi connectivity index (χ0v) is 25.3. The Morgan fingerprint density at radius 1 is 1.02 bits per heavy atom. The van der Waals surface area contributed by atoms with Gasteiger partial charge in [-0.1, -0.05) is 0 Å². The minimum Gasteiger partial charge on any atom is -0.395 e. The highest BCUT2D eigenvalue weighted by atomic mass is 32.2. The number of carbonyl (C=O) groups excluding carboxylic acids is 1. The van der Waals surface area contributed by atoms with Crippen LogP contribution < -0.4 is 19.8 Å². The van der Waals surface area contributed by atoms with E-state index >= 15 is 0 Å². The number of hydrogen-bond acceptors (Lipinski definition) is 9. The molecule has 2 saturated heterocycles. The summed E-state index contributed by atoms with van der Waals surface area (Å²) in [4.78, 5) is 26.8. The van der Waals surface area contributed by atoms with Crippen molar-refractivity contribution < 1.29 is 27.1 Å². The van der Waals surface area contributed by atoms with Gasteiger partial charge in [0.2, 0.25) is 10.0 Å². The van der Waals surface area contributed by atoms with Crippen LogP contribution in [0.15, 0.2) is 36.8 Å². The van der Waals surface area contributed by atoms with Gasteiger partial charge in [0.1, 0.15) is 5.69 Å². The van der Waals surface area contributed by atoms with Crippen LogP contribution >= 0.6 is 0 Å². The predicted octanol–water partition coefficient (Wildman–Crippen LogP) is 3.48.